The van der Waals surface area contributed by atoms with Gasteiger partial charge in [-0.15, -0.1) is 0 Å². The first-order chi connectivity index (χ1) is 13.0. The highest BCUT2D eigenvalue weighted by Gasteiger charge is 2.31. The van der Waals surface area contributed by atoms with E-state index < -0.39 is 17.5 Å². The van der Waals surface area contributed by atoms with Gasteiger partial charge < -0.3 is 14.8 Å². The molecule has 1 heterocycles. The Morgan fingerprint density at radius 2 is 1.78 bits per heavy atom. The van der Waals surface area contributed by atoms with Crippen molar-refractivity contribution < 1.29 is 28.3 Å². The topological polar surface area (TPSA) is 115 Å². The summed E-state index contributed by atoms with van der Waals surface area (Å²) >= 11 is 0. The molecule has 0 saturated heterocycles. The van der Waals surface area contributed by atoms with Crippen molar-refractivity contribution in [2.45, 2.75) is 0 Å². The van der Waals surface area contributed by atoms with Crippen LogP contribution in [-0.2, 0) is 4.74 Å². The van der Waals surface area contributed by atoms with Crippen molar-refractivity contribution in [3.8, 4) is 11.4 Å². The maximum absolute atomic E-state index is 12.7. The number of H-pyrrole nitrogens is 1. The summed E-state index contributed by atoms with van der Waals surface area (Å²) in [6.07, 6.45) is 0. The van der Waals surface area contributed by atoms with Crippen LogP contribution in [0.2, 0.25) is 0 Å². The van der Waals surface area contributed by atoms with Crippen molar-refractivity contribution in [2.75, 3.05) is 19.5 Å². The number of aromatic amines is 1. The molecule has 0 aliphatic rings. The number of esters is 1. The van der Waals surface area contributed by atoms with Gasteiger partial charge in [-0.2, -0.15) is 0 Å². The predicted octanol–water partition coefficient (Wildman–Crippen LogP) is 1.29. The van der Waals surface area contributed by atoms with E-state index in [0.29, 0.717) is 11.4 Å². The van der Waals surface area contributed by atoms with Crippen LogP contribution >= 0.6 is 0 Å². The number of ether oxygens (including phenoxy) is 2. The zero-order valence-corrected chi connectivity index (χ0v) is 14.5. The van der Waals surface area contributed by atoms with Gasteiger partial charge in [-0.3, -0.25) is 9.32 Å². The first-order valence-electron chi connectivity index (χ1n) is 7.81. The summed E-state index contributed by atoms with van der Waals surface area (Å²) in [7, 11) is 2.76. The Kier molecular flexibility index (Phi) is 5.02. The molecule has 0 spiro atoms. The van der Waals surface area contributed by atoms with Gasteiger partial charge in [0.15, 0.2) is 0 Å². The summed E-state index contributed by atoms with van der Waals surface area (Å²) in [6, 6.07) is 12.9. The molecule has 0 atom stereocenters. The van der Waals surface area contributed by atoms with E-state index >= 15 is 0 Å². The second-order valence-corrected chi connectivity index (χ2v) is 5.35. The molecule has 0 aliphatic carbocycles. The van der Waals surface area contributed by atoms with Crippen LogP contribution in [-0.4, -0.2) is 31.4 Å². The Hall–Kier alpha value is -3.88. The average molecular weight is 370 g/mol. The summed E-state index contributed by atoms with van der Waals surface area (Å²) in [5, 5.41) is 4.92. The quantitative estimate of drug-likeness (QED) is 0.517. The van der Waals surface area contributed by atoms with E-state index in [1.165, 1.54) is 31.0 Å². The molecule has 2 aromatic carbocycles. The Morgan fingerprint density at radius 1 is 1.07 bits per heavy atom. The number of methoxy groups -OCH3 is 2. The second-order valence-electron chi connectivity index (χ2n) is 5.35. The minimum atomic E-state index is -0.862. The molecule has 3 rings (SSSR count). The van der Waals surface area contributed by atoms with Gasteiger partial charge in [0.1, 0.15) is 5.75 Å². The lowest BCUT2D eigenvalue weighted by atomic mass is 10.1. The van der Waals surface area contributed by atoms with Crippen LogP contribution in [0.4, 0.5) is 5.69 Å². The number of nitrogens with zero attached hydrogens (tertiary/aromatic N) is 1. The van der Waals surface area contributed by atoms with Crippen LogP contribution in [0.3, 0.4) is 0 Å². The zero-order chi connectivity index (χ0) is 19.4. The monoisotopic (exact) mass is 370 g/mol. The number of para-hydroxylation sites is 1. The van der Waals surface area contributed by atoms with Gasteiger partial charge in [-0.05, 0) is 34.2 Å². The molecule has 1 amide bonds. The largest absolute Gasteiger partial charge is 0.497 e. The Balaban J connectivity index is 1.96. The molecule has 138 valence electrons. The van der Waals surface area contributed by atoms with E-state index in [-0.39, 0.29) is 16.9 Å². The average Bonchev–Trinajstić information content (AvgIpc) is 3.09. The number of carbonyl (C=O) groups excluding carboxylic acids is 2. The van der Waals surface area contributed by atoms with Crippen molar-refractivity contribution in [1.82, 2.24) is 5.27 Å². The molecular weight excluding hydrogens is 354 g/mol. The first kappa shape index (κ1) is 17.9. The number of aromatic nitrogens is 2. The smallest absolute Gasteiger partial charge is 0.441 e. The Bertz CT molecular complexity index is 1040. The fourth-order valence-electron chi connectivity index (χ4n) is 2.44. The summed E-state index contributed by atoms with van der Waals surface area (Å²) < 4.78 is 15.7. The van der Waals surface area contributed by atoms with Crippen molar-refractivity contribution >= 4 is 17.6 Å². The standard InChI is InChI=1S/C18H15N3O6/c1-25-12-9-7-11(8-10-12)21-15(18(24)27-20-21)16(22)19-14-6-4-3-5-13(14)17(23)26-2/h3-10H,1-2H3,(H-,19,20,22,23,24)/p+1. The van der Waals surface area contributed by atoms with Crippen molar-refractivity contribution in [3.63, 3.8) is 0 Å². The molecule has 0 aliphatic heterocycles. The third kappa shape index (κ3) is 3.56. The summed E-state index contributed by atoms with van der Waals surface area (Å²) in [5.74, 6) is -0.754. The first-order valence-corrected chi connectivity index (χ1v) is 7.81. The Labute approximate surface area is 153 Å². The van der Waals surface area contributed by atoms with Gasteiger partial charge in [-0.1, -0.05) is 12.1 Å². The number of nitrogens with one attached hydrogen (secondary N) is 2. The highest BCUT2D eigenvalue weighted by atomic mass is 16.5. The highest BCUT2D eigenvalue weighted by Crippen LogP contribution is 2.17. The molecule has 3 aromatic rings. The maximum atomic E-state index is 12.7. The van der Waals surface area contributed by atoms with Crippen molar-refractivity contribution in [2.24, 2.45) is 0 Å². The number of amides is 1. The highest BCUT2D eigenvalue weighted by molar-refractivity contribution is 6.06. The van der Waals surface area contributed by atoms with Crippen molar-refractivity contribution in [3.05, 3.63) is 70.2 Å². The van der Waals surface area contributed by atoms with Crippen LogP contribution in [0.25, 0.3) is 5.69 Å². The van der Waals surface area contributed by atoms with Gasteiger partial charge >= 0.3 is 23.2 Å². The number of carbonyl (C=O) groups is 2. The van der Waals surface area contributed by atoms with Gasteiger partial charge in [0.25, 0.3) is 0 Å². The molecular formula is C18H16N3O6+. The van der Waals surface area contributed by atoms with Gasteiger partial charge in [0.05, 0.1) is 25.5 Å². The zero-order valence-electron chi connectivity index (χ0n) is 14.5. The normalized spacial score (nSPS) is 10.3. The lowest BCUT2D eigenvalue weighted by Gasteiger charge is -2.07. The summed E-state index contributed by atoms with van der Waals surface area (Å²) in [4.78, 5) is 36.6. The number of rotatable bonds is 5. The number of benzene rings is 2. The molecule has 0 saturated carbocycles. The molecule has 0 fully saturated rings. The van der Waals surface area contributed by atoms with Crippen LogP contribution in [0.1, 0.15) is 20.8 Å². The summed E-state index contributed by atoms with van der Waals surface area (Å²) in [5.41, 5.74) is -0.313. The minimum absolute atomic E-state index is 0.157. The lowest BCUT2D eigenvalue weighted by molar-refractivity contribution is -0.672. The molecule has 0 radical (unpaired) electrons. The van der Waals surface area contributed by atoms with E-state index in [1.54, 1.807) is 36.4 Å². The van der Waals surface area contributed by atoms with Crippen LogP contribution < -0.4 is 20.4 Å². The SMILES string of the molecule is COC(=O)c1ccccc1NC(=O)c1c(=O)o[nH][n+]1-c1ccc(OC)cc1. The molecule has 2 N–H and O–H groups in total. The van der Waals surface area contributed by atoms with Crippen LogP contribution in [0, 0.1) is 0 Å². The molecule has 1 aromatic heterocycles. The van der Waals surface area contributed by atoms with E-state index in [2.05, 4.69) is 10.6 Å². The number of anilines is 1. The van der Waals surface area contributed by atoms with Gasteiger partial charge in [0.2, 0.25) is 5.69 Å². The third-order valence-electron chi connectivity index (χ3n) is 3.77. The van der Waals surface area contributed by atoms with Gasteiger partial charge in [0, 0.05) is 12.1 Å². The number of hydrogen-bond donors (Lipinski definition) is 2. The maximum Gasteiger partial charge on any atom is 0.441 e. The van der Waals surface area contributed by atoms with E-state index in [1.807, 2.05) is 0 Å². The fourth-order valence-corrected chi connectivity index (χ4v) is 2.44. The summed E-state index contributed by atoms with van der Waals surface area (Å²) in [6.45, 7) is 0. The third-order valence-corrected chi connectivity index (χ3v) is 3.77. The molecule has 9 nitrogen and oxygen atoms in total. The minimum Gasteiger partial charge on any atom is -0.497 e. The van der Waals surface area contributed by atoms with E-state index in [0.717, 1.165) is 0 Å². The van der Waals surface area contributed by atoms with Gasteiger partial charge in [-0.25, -0.2) is 9.59 Å². The second kappa shape index (κ2) is 7.56. The molecule has 27 heavy (non-hydrogen) atoms. The molecule has 9 heteroatoms. The number of hydrogen-bond acceptors (Lipinski definition) is 6. The van der Waals surface area contributed by atoms with E-state index in [4.69, 9.17) is 14.0 Å². The lowest BCUT2D eigenvalue weighted by Crippen LogP contribution is -2.42. The Morgan fingerprint density at radius 3 is 2.44 bits per heavy atom. The van der Waals surface area contributed by atoms with E-state index in [9.17, 15) is 14.4 Å². The van der Waals surface area contributed by atoms with Crippen molar-refractivity contribution in [1.29, 1.82) is 0 Å². The molecule has 0 bridgehead atoms. The molecule has 0 unspecified atom stereocenters. The van der Waals surface area contributed by atoms with Crippen LogP contribution in [0.15, 0.2) is 57.8 Å². The fraction of sp³-hybridized carbons (Fsp3) is 0.111. The predicted molar refractivity (Wildman–Crippen MR) is 93.1 cm³/mol. The van der Waals surface area contributed by atoms with Crippen LogP contribution in [0.5, 0.6) is 5.75 Å².